The van der Waals surface area contributed by atoms with Gasteiger partial charge in [0.1, 0.15) is 5.69 Å². The lowest BCUT2D eigenvalue weighted by atomic mass is 10.1. The molecule has 0 radical (unpaired) electrons. The van der Waals surface area contributed by atoms with Crippen LogP contribution >= 0.6 is 11.6 Å². The molecule has 0 saturated heterocycles. The molecule has 0 aliphatic rings. The molecule has 1 aromatic carbocycles. The number of aromatic nitrogens is 3. The van der Waals surface area contributed by atoms with Gasteiger partial charge in [-0.05, 0) is 30.2 Å². The quantitative estimate of drug-likeness (QED) is 0.661. The van der Waals surface area contributed by atoms with Crippen molar-refractivity contribution in [3.63, 3.8) is 0 Å². The van der Waals surface area contributed by atoms with Crippen molar-refractivity contribution < 1.29 is 18.0 Å². The predicted molar refractivity (Wildman–Crippen MR) is 104 cm³/mol. The third kappa shape index (κ3) is 4.04. The average Bonchev–Trinajstić information content (AvgIpc) is 3.13. The fraction of sp³-hybridized carbons (Fsp3) is 0.211. The molecule has 0 bridgehead atoms. The van der Waals surface area contributed by atoms with Gasteiger partial charge < -0.3 is 15.6 Å². The Kier molecular flexibility index (Phi) is 5.52. The number of halogens is 4. The molecule has 152 valence electrons. The maximum atomic E-state index is 13.3. The number of hydrogen-bond acceptors (Lipinski definition) is 4. The lowest BCUT2D eigenvalue weighted by molar-refractivity contribution is -0.137. The van der Waals surface area contributed by atoms with Gasteiger partial charge in [0.15, 0.2) is 0 Å². The highest BCUT2D eigenvalue weighted by atomic mass is 35.5. The number of anilines is 1. The van der Waals surface area contributed by atoms with E-state index in [2.05, 4.69) is 15.3 Å². The summed E-state index contributed by atoms with van der Waals surface area (Å²) in [6.45, 7) is 1.82. The van der Waals surface area contributed by atoms with Crippen molar-refractivity contribution in [2.24, 2.45) is 0 Å². The van der Waals surface area contributed by atoms with Gasteiger partial charge in [-0.3, -0.25) is 4.79 Å². The van der Waals surface area contributed by atoms with Crippen LogP contribution in [0.3, 0.4) is 0 Å². The molecule has 0 saturated carbocycles. The Bertz CT molecular complexity index is 1080. The Labute approximate surface area is 169 Å². The first-order chi connectivity index (χ1) is 13.7. The first-order valence-corrected chi connectivity index (χ1v) is 8.96. The van der Waals surface area contributed by atoms with Crippen LogP contribution in [0.5, 0.6) is 0 Å². The van der Waals surface area contributed by atoms with Crippen LogP contribution in [0.15, 0.2) is 36.7 Å². The number of carbonyl (C=O) groups excluding carboxylic acids is 1. The van der Waals surface area contributed by atoms with Gasteiger partial charge in [-0.2, -0.15) is 13.2 Å². The summed E-state index contributed by atoms with van der Waals surface area (Å²) in [7, 11) is 1.46. The lowest BCUT2D eigenvalue weighted by Crippen LogP contribution is -2.17. The summed E-state index contributed by atoms with van der Waals surface area (Å²) in [5.74, 6) is -0.466. The molecule has 2 aromatic heterocycles. The van der Waals surface area contributed by atoms with Crippen LogP contribution in [0.2, 0.25) is 5.02 Å². The molecule has 0 spiro atoms. The summed E-state index contributed by atoms with van der Waals surface area (Å²) in [6.07, 6.45) is -1.31. The second-order valence-electron chi connectivity index (χ2n) is 6.18. The highest BCUT2D eigenvalue weighted by Gasteiger charge is 2.31. The maximum Gasteiger partial charge on any atom is 0.416 e. The minimum absolute atomic E-state index is 0.0570. The van der Waals surface area contributed by atoms with Crippen LogP contribution in [-0.2, 0) is 12.6 Å². The van der Waals surface area contributed by atoms with Crippen molar-refractivity contribution in [3.05, 3.63) is 58.4 Å². The van der Waals surface area contributed by atoms with Gasteiger partial charge in [0, 0.05) is 18.9 Å². The van der Waals surface area contributed by atoms with Gasteiger partial charge in [-0.25, -0.2) is 9.97 Å². The first kappa shape index (κ1) is 20.7. The van der Waals surface area contributed by atoms with Crippen LogP contribution in [0.25, 0.3) is 17.1 Å². The summed E-state index contributed by atoms with van der Waals surface area (Å²) in [4.78, 5) is 20.1. The van der Waals surface area contributed by atoms with Crippen molar-refractivity contribution in [2.75, 3.05) is 12.8 Å². The van der Waals surface area contributed by atoms with E-state index in [4.69, 9.17) is 17.3 Å². The molecule has 2 heterocycles. The Morgan fingerprint density at radius 2 is 2.03 bits per heavy atom. The Morgan fingerprint density at radius 1 is 1.31 bits per heavy atom. The zero-order chi connectivity index (χ0) is 21.3. The highest BCUT2D eigenvalue weighted by molar-refractivity contribution is 6.32. The van der Waals surface area contributed by atoms with Crippen molar-refractivity contribution in [2.45, 2.75) is 19.5 Å². The minimum Gasteiger partial charge on any atom is -0.368 e. The monoisotopic (exact) mass is 423 g/mol. The molecular formula is C19H17ClF3N5O. The van der Waals surface area contributed by atoms with Crippen molar-refractivity contribution in [3.8, 4) is 17.1 Å². The number of nitrogens with zero attached hydrogens (tertiary/aromatic N) is 3. The molecule has 1 amide bonds. The number of nitrogens with one attached hydrogen (secondary N) is 1. The van der Waals surface area contributed by atoms with E-state index >= 15 is 0 Å². The van der Waals surface area contributed by atoms with Crippen LogP contribution < -0.4 is 11.1 Å². The zero-order valence-corrected chi connectivity index (χ0v) is 16.3. The second kappa shape index (κ2) is 7.75. The molecule has 3 N–H and O–H groups in total. The first-order valence-electron chi connectivity index (χ1n) is 8.59. The summed E-state index contributed by atoms with van der Waals surface area (Å²) in [5.41, 5.74) is 6.52. The SMILES string of the molecule is CCc1ccc(C(F)(F)F)cc1-n1cc(C(=O)NC)cc1-c1nc(N)ncc1Cl. The number of nitrogens with two attached hydrogens (primary N) is 1. The van der Waals surface area contributed by atoms with E-state index in [9.17, 15) is 18.0 Å². The Hall–Kier alpha value is -3.07. The Balaban J connectivity index is 2.33. The fourth-order valence-corrected chi connectivity index (χ4v) is 3.12. The smallest absolute Gasteiger partial charge is 0.368 e. The van der Waals surface area contributed by atoms with Crippen molar-refractivity contribution >= 4 is 23.5 Å². The number of aryl methyl sites for hydroxylation is 1. The molecule has 29 heavy (non-hydrogen) atoms. The normalized spacial score (nSPS) is 11.5. The molecule has 3 aromatic rings. The van der Waals surface area contributed by atoms with Crippen LogP contribution in [0.4, 0.5) is 19.1 Å². The van der Waals surface area contributed by atoms with Gasteiger partial charge >= 0.3 is 6.18 Å². The third-order valence-corrected chi connectivity index (χ3v) is 4.64. The number of rotatable bonds is 4. The van der Waals surface area contributed by atoms with E-state index in [0.717, 1.165) is 12.1 Å². The van der Waals surface area contributed by atoms with Gasteiger partial charge in [0.2, 0.25) is 5.95 Å². The maximum absolute atomic E-state index is 13.3. The molecule has 6 nitrogen and oxygen atoms in total. The molecule has 0 unspecified atom stereocenters. The summed E-state index contributed by atoms with van der Waals surface area (Å²) in [5, 5.41) is 2.64. The largest absolute Gasteiger partial charge is 0.416 e. The number of nitrogen functional groups attached to an aromatic ring is 1. The molecule has 0 aliphatic carbocycles. The molecule has 0 fully saturated rings. The zero-order valence-electron chi connectivity index (χ0n) is 15.5. The second-order valence-corrected chi connectivity index (χ2v) is 6.59. The van der Waals surface area contributed by atoms with Gasteiger partial charge in [0.05, 0.1) is 28.0 Å². The molecule has 0 atom stereocenters. The van der Waals surface area contributed by atoms with E-state index < -0.39 is 17.6 Å². The van der Waals surface area contributed by atoms with E-state index in [1.807, 2.05) is 6.92 Å². The highest BCUT2D eigenvalue weighted by Crippen LogP contribution is 2.35. The van der Waals surface area contributed by atoms with Crippen LogP contribution in [0, 0.1) is 0 Å². The van der Waals surface area contributed by atoms with Gasteiger partial charge in [-0.15, -0.1) is 0 Å². The van der Waals surface area contributed by atoms with E-state index in [0.29, 0.717) is 17.7 Å². The van der Waals surface area contributed by atoms with Crippen molar-refractivity contribution in [1.29, 1.82) is 0 Å². The Morgan fingerprint density at radius 3 is 2.66 bits per heavy atom. The third-order valence-electron chi connectivity index (χ3n) is 4.37. The number of hydrogen-bond donors (Lipinski definition) is 2. The van der Waals surface area contributed by atoms with E-state index in [-0.39, 0.29) is 27.9 Å². The van der Waals surface area contributed by atoms with Crippen molar-refractivity contribution in [1.82, 2.24) is 19.9 Å². The summed E-state index contributed by atoms with van der Waals surface area (Å²) < 4.78 is 41.4. The standard InChI is InChI=1S/C19H17ClF3N5O/c1-3-10-4-5-12(19(21,22)23)7-14(10)28-9-11(17(29)25-2)6-15(28)16-13(20)8-26-18(24)27-16/h4-9H,3H2,1-2H3,(H,25,29)(H2,24,26,27). The van der Waals surface area contributed by atoms with Gasteiger partial charge in [0.25, 0.3) is 5.91 Å². The van der Waals surface area contributed by atoms with Crippen LogP contribution in [-0.4, -0.2) is 27.5 Å². The lowest BCUT2D eigenvalue weighted by Gasteiger charge is -2.16. The molecule has 10 heteroatoms. The fourth-order valence-electron chi connectivity index (χ4n) is 2.94. The number of amides is 1. The predicted octanol–water partition coefficient (Wildman–Crippen LogP) is 4.11. The minimum atomic E-state index is -4.52. The number of benzene rings is 1. The topological polar surface area (TPSA) is 85.8 Å². The van der Waals surface area contributed by atoms with E-state index in [1.54, 1.807) is 0 Å². The van der Waals surface area contributed by atoms with Gasteiger partial charge in [-0.1, -0.05) is 24.6 Å². The van der Waals surface area contributed by atoms with E-state index in [1.165, 1.54) is 36.1 Å². The molecule has 3 rings (SSSR count). The molecular weight excluding hydrogens is 407 g/mol. The van der Waals surface area contributed by atoms with Crippen LogP contribution in [0.1, 0.15) is 28.4 Å². The number of alkyl halides is 3. The average molecular weight is 424 g/mol. The molecule has 0 aliphatic heterocycles. The number of carbonyl (C=O) groups is 1. The summed E-state index contributed by atoms with van der Waals surface area (Å²) >= 11 is 6.22. The summed E-state index contributed by atoms with van der Waals surface area (Å²) in [6, 6.07) is 4.97.